The first kappa shape index (κ1) is 17.0. The first-order valence-electron chi connectivity index (χ1n) is 7.99. The van der Waals surface area contributed by atoms with Crippen LogP contribution >= 0.6 is 0 Å². The van der Waals surface area contributed by atoms with Crippen LogP contribution in [0.5, 0.6) is 0 Å². The van der Waals surface area contributed by atoms with Crippen molar-refractivity contribution in [2.75, 3.05) is 26.7 Å². The van der Waals surface area contributed by atoms with Gasteiger partial charge in [-0.3, -0.25) is 9.91 Å². The summed E-state index contributed by atoms with van der Waals surface area (Å²) < 4.78 is 5.28. The van der Waals surface area contributed by atoms with Crippen molar-refractivity contribution in [3.8, 4) is 0 Å². The molecular formula is C15H29N5O2. The summed E-state index contributed by atoms with van der Waals surface area (Å²) in [5, 5.41) is 9.07. The molecule has 0 aromatic rings. The lowest BCUT2D eigenvalue weighted by Crippen LogP contribution is -2.56. The van der Waals surface area contributed by atoms with Crippen LogP contribution in [0, 0.1) is 5.92 Å². The van der Waals surface area contributed by atoms with E-state index in [1.54, 1.807) is 6.21 Å². The molecule has 126 valence electrons. The number of hydrazone groups is 1. The Kier molecular flexibility index (Phi) is 5.28. The van der Waals surface area contributed by atoms with Crippen molar-refractivity contribution in [1.29, 1.82) is 0 Å². The van der Waals surface area contributed by atoms with E-state index in [0.717, 1.165) is 25.9 Å². The summed E-state index contributed by atoms with van der Waals surface area (Å²) in [4.78, 5) is 14.1. The average Bonchev–Trinajstić information content (AvgIpc) is 2.74. The van der Waals surface area contributed by atoms with Gasteiger partial charge >= 0.3 is 6.09 Å². The SMILES string of the molecule is CN1N=CC(N)C1N1CCC[C@H](CNC(=O)OC(C)(C)C)C1. The van der Waals surface area contributed by atoms with Crippen LogP contribution < -0.4 is 11.1 Å². The van der Waals surface area contributed by atoms with Crippen molar-refractivity contribution in [2.45, 2.75) is 51.4 Å². The lowest BCUT2D eigenvalue weighted by molar-refractivity contribution is 0.0318. The van der Waals surface area contributed by atoms with Crippen LogP contribution in [0.15, 0.2) is 5.10 Å². The van der Waals surface area contributed by atoms with Gasteiger partial charge in [0.25, 0.3) is 0 Å². The fourth-order valence-corrected chi connectivity index (χ4v) is 3.10. The van der Waals surface area contributed by atoms with Gasteiger partial charge in [-0.15, -0.1) is 0 Å². The number of likely N-dealkylation sites (tertiary alicyclic amines) is 1. The van der Waals surface area contributed by atoms with Crippen molar-refractivity contribution >= 4 is 12.3 Å². The third kappa shape index (κ3) is 4.58. The highest BCUT2D eigenvalue weighted by molar-refractivity contribution is 5.67. The molecule has 0 saturated carbocycles. The third-order valence-electron chi connectivity index (χ3n) is 4.01. The van der Waals surface area contributed by atoms with E-state index in [2.05, 4.69) is 15.3 Å². The molecule has 1 saturated heterocycles. The first-order valence-corrected chi connectivity index (χ1v) is 7.99. The summed E-state index contributed by atoms with van der Waals surface area (Å²) >= 11 is 0. The quantitative estimate of drug-likeness (QED) is 0.806. The van der Waals surface area contributed by atoms with E-state index in [9.17, 15) is 4.79 Å². The Balaban J connectivity index is 1.80. The lowest BCUT2D eigenvalue weighted by Gasteiger charge is -2.40. The maximum atomic E-state index is 11.7. The molecule has 0 spiro atoms. The maximum Gasteiger partial charge on any atom is 0.407 e. The van der Waals surface area contributed by atoms with Gasteiger partial charge in [0.05, 0.1) is 6.04 Å². The van der Waals surface area contributed by atoms with Crippen molar-refractivity contribution in [1.82, 2.24) is 15.2 Å². The molecule has 2 aliphatic rings. The van der Waals surface area contributed by atoms with Crippen molar-refractivity contribution in [3.63, 3.8) is 0 Å². The predicted molar refractivity (Wildman–Crippen MR) is 86.6 cm³/mol. The molecule has 0 bridgehead atoms. The zero-order valence-corrected chi connectivity index (χ0v) is 14.1. The van der Waals surface area contributed by atoms with E-state index >= 15 is 0 Å². The number of nitrogens with two attached hydrogens (primary N) is 1. The van der Waals surface area contributed by atoms with E-state index in [-0.39, 0.29) is 18.3 Å². The number of ether oxygens (including phenoxy) is 1. The van der Waals surface area contributed by atoms with Crippen molar-refractivity contribution in [2.24, 2.45) is 16.8 Å². The highest BCUT2D eigenvalue weighted by atomic mass is 16.6. The Bertz CT molecular complexity index is 409. The van der Waals surface area contributed by atoms with Crippen LogP contribution in [-0.2, 0) is 4.74 Å². The minimum absolute atomic E-state index is 0.0532. The standard InChI is InChI=1S/C15H29N5O2/c1-15(2,3)22-14(21)17-8-11-6-5-7-20(10-11)13-12(16)9-18-19(13)4/h9,11-13H,5-8,10,16H2,1-4H3,(H,17,21)/t11-,12?,13?/m1/s1. The first-order chi connectivity index (χ1) is 10.3. The Morgan fingerprint density at radius 3 is 2.82 bits per heavy atom. The summed E-state index contributed by atoms with van der Waals surface area (Å²) in [6.07, 6.45) is 3.80. The molecular weight excluding hydrogens is 282 g/mol. The highest BCUT2D eigenvalue weighted by Gasteiger charge is 2.34. The molecule has 0 radical (unpaired) electrons. The summed E-state index contributed by atoms with van der Waals surface area (Å²) in [7, 11) is 1.95. The minimum Gasteiger partial charge on any atom is -0.444 e. The molecule has 2 aliphatic heterocycles. The zero-order chi connectivity index (χ0) is 16.3. The molecule has 7 heteroatoms. The summed E-state index contributed by atoms with van der Waals surface area (Å²) in [6, 6.07) is -0.0532. The molecule has 22 heavy (non-hydrogen) atoms. The second kappa shape index (κ2) is 6.83. The molecule has 7 nitrogen and oxygen atoms in total. The number of amides is 1. The van der Waals surface area contributed by atoms with Gasteiger partial charge in [0.2, 0.25) is 0 Å². The molecule has 0 aromatic heterocycles. The van der Waals surface area contributed by atoms with Gasteiger partial charge in [-0.1, -0.05) is 0 Å². The highest BCUT2D eigenvalue weighted by Crippen LogP contribution is 2.22. The molecule has 2 rings (SSSR count). The second-order valence-electron chi connectivity index (χ2n) is 7.22. The van der Waals surface area contributed by atoms with Crippen LogP contribution in [0.2, 0.25) is 0 Å². The van der Waals surface area contributed by atoms with Crippen LogP contribution in [0.3, 0.4) is 0 Å². The Hall–Kier alpha value is -1.34. The number of hydrogen-bond donors (Lipinski definition) is 2. The Morgan fingerprint density at radius 2 is 2.23 bits per heavy atom. The third-order valence-corrected chi connectivity index (χ3v) is 4.01. The number of alkyl carbamates (subject to hydrolysis) is 1. The van der Waals surface area contributed by atoms with Crippen LogP contribution in [0.25, 0.3) is 0 Å². The van der Waals surface area contributed by atoms with Gasteiger partial charge < -0.3 is 15.8 Å². The van der Waals surface area contributed by atoms with Gasteiger partial charge in [-0.2, -0.15) is 5.10 Å². The summed E-state index contributed by atoms with van der Waals surface area (Å²) in [6.45, 7) is 8.18. The number of rotatable bonds is 3. The molecule has 3 atom stereocenters. The molecule has 2 unspecified atom stereocenters. The zero-order valence-electron chi connectivity index (χ0n) is 14.1. The normalized spacial score (nSPS) is 29.7. The summed E-state index contributed by atoms with van der Waals surface area (Å²) in [5.74, 6) is 0.419. The number of carbonyl (C=O) groups excluding carboxylic acids is 1. The molecule has 1 fully saturated rings. The van der Waals surface area contributed by atoms with Crippen molar-refractivity contribution < 1.29 is 9.53 Å². The molecule has 1 amide bonds. The van der Waals surface area contributed by atoms with E-state index in [0.29, 0.717) is 12.5 Å². The van der Waals surface area contributed by atoms with E-state index in [1.165, 1.54) is 0 Å². The molecule has 0 aliphatic carbocycles. The lowest BCUT2D eigenvalue weighted by atomic mass is 9.97. The van der Waals surface area contributed by atoms with Gasteiger partial charge in [-0.25, -0.2) is 4.79 Å². The van der Waals surface area contributed by atoms with Gasteiger partial charge in [0.1, 0.15) is 11.8 Å². The molecule has 3 N–H and O–H groups in total. The number of piperidine rings is 1. The average molecular weight is 311 g/mol. The number of nitrogens with one attached hydrogen (secondary N) is 1. The number of hydrogen-bond acceptors (Lipinski definition) is 6. The fourth-order valence-electron chi connectivity index (χ4n) is 3.10. The van der Waals surface area contributed by atoms with E-state index < -0.39 is 5.60 Å². The number of carbonyl (C=O) groups is 1. The number of likely N-dealkylation sites (N-methyl/N-ethyl adjacent to an activating group) is 1. The molecule has 2 heterocycles. The second-order valence-corrected chi connectivity index (χ2v) is 7.22. The maximum absolute atomic E-state index is 11.7. The summed E-state index contributed by atoms with van der Waals surface area (Å²) in [5.41, 5.74) is 5.66. The van der Waals surface area contributed by atoms with Gasteiger partial charge in [-0.05, 0) is 39.5 Å². The predicted octanol–water partition coefficient (Wildman–Crippen LogP) is 0.808. The fraction of sp³-hybridized carbons (Fsp3) is 0.867. The smallest absolute Gasteiger partial charge is 0.407 e. The minimum atomic E-state index is -0.459. The van der Waals surface area contributed by atoms with Crippen molar-refractivity contribution in [3.05, 3.63) is 0 Å². The van der Waals surface area contributed by atoms with Crippen LogP contribution in [0.4, 0.5) is 4.79 Å². The Morgan fingerprint density at radius 1 is 1.50 bits per heavy atom. The largest absolute Gasteiger partial charge is 0.444 e. The number of nitrogens with zero attached hydrogens (tertiary/aromatic N) is 3. The Labute approximate surface area is 132 Å². The van der Waals surface area contributed by atoms with Gasteiger partial charge in [0.15, 0.2) is 0 Å². The van der Waals surface area contributed by atoms with Gasteiger partial charge in [0, 0.05) is 32.9 Å². The van der Waals surface area contributed by atoms with E-state index in [1.807, 2.05) is 32.8 Å². The van der Waals surface area contributed by atoms with Crippen LogP contribution in [0.1, 0.15) is 33.6 Å². The topological polar surface area (TPSA) is 83.2 Å². The monoisotopic (exact) mass is 311 g/mol. The van der Waals surface area contributed by atoms with Crippen LogP contribution in [-0.4, -0.2) is 66.7 Å². The van der Waals surface area contributed by atoms with E-state index in [4.69, 9.17) is 10.5 Å². The molecule has 0 aromatic carbocycles.